The third kappa shape index (κ3) is 2.01. The number of aromatic nitrogens is 3. The molecule has 0 bridgehead atoms. The standard InChI is InChI=1S/C12H11BrFN3O/c13-10-11(9-4-3-8(14)7-15-9)16-17-5-1-2-6-18-12(10)17/h3-4,7H,1-2,5-6H2. The first-order chi connectivity index (χ1) is 8.75. The van der Waals surface area contributed by atoms with Crippen molar-refractivity contribution in [3.8, 4) is 17.3 Å². The zero-order valence-electron chi connectivity index (χ0n) is 9.57. The summed E-state index contributed by atoms with van der Waals surface area (Å²) in [5, 5.41) is 4.47. The van der Waals surface area contributed by atoms with E-state index in [0.29, 0.717) is 18.0 Å². The molecular formula is C12H11BrFN3O. The molecule has 3 rings (SSSR count). The maximum atomic E-state index is 12.9. The van der Waals surface area contributed by atoms with Crippen molar-refractivity contribution in [2.24, 2.45) is 0 Å². The van der Waals surface area contributed by atoms with Gasteiger partial charge in [0.05, 0.1) is 18.5 Å². The lowest BCUT2D eigenvalue weighted by Gasteiger charge is -2.02. The van der Waals surface area contributed by atoms with Crippen LogP contribution in [0.2, 0.25) is 0 Å². The third-order valence-corrected chi connectivity index (χ3v) is 3.54. The van der Waals surface area contributed by atoms with Gasteiger partial charge in [-0.2, -0.15) is 5.10 Å². The van der Waals surface area contributed by atoms with Crippen molar-refractivity contribution in [3.05, 3.63) is 28.6 Å². The largest absolute Gasteiger partial charge is 0.477 e. The van der Waals surface area contributed by atoms with Crippen LogP contribution >= 0.6 is 15.9 Å². The first-order valence-corrected chi connectivity index (χ1v) is 6.56. The minimum Gasteiger partial charge on any atom is -0.477 e. The normalized spacial score (nSPS) is 14.8. The molecule has 0 fully saturated rings. The van der Waals surface area contributed by atoms with Crippen molar-refractivity contribution in [2.45, 2.75) is 19.4 Å². The van der Waals surface area contributed by atoms with Gasteiger partial charge >= 0.3 is 0 Å². The topological polar surface area (TPSA) is 39.9 Å². The highest BCUT2D eigenvalue weighted by Gasteiger charge is 2.20. The first kappa shape index (κ1) is 11.6. The Kier molecular flexibility index (Phi) is 3.03. The van der Waals surface area contributed by atoms with E-state index in [9.17, 15) is 4.39 Å². The van der Waals surface area contributed by atoms with Crippen LogP contribution in [0.3, 0.4) is 0 Å². The molecule has 3 heterocycles. The number of nitrogens with zero attached hydrogens (tertiary/aromatic N) is 3. The summed E-state index contributed by atoms with van der Waals surface area (Å²) in [5.41, 5.74) is 1.32. The van der Waals surface area contributed by atoms with E-state index in [2.05, 4.69) is 26.0 Å². The number of fused-ring (bicyclic) bond motifs is 1. The molecule has 0 aromatic carbocycles. The molecular weight excluding hydrogens is 301 g/mol. The molecule has 0 radical (unpaired) electrons. The van der Waals surface area contributed by atoms with Gasteiger partial charge in [-0.25, -0.2) is 9.07 Å². The van der Waals surface area contributed by atoms with Crippen molar-refractivity contribution in [1.29, 1.82) is 0 Å². The van der Waals surface area contributed by atoms with Gasteiger partial charge in [0.2, 0.25) is 5.88 Å². The van der Waals surface area contributed by atoms with E-state index in [1.807, 2.05) is 4.68 Å². The second-order valence-corrected chi connectivity index (χ2v) is 4.90. The fourth-order valence-electron chi connectivity index (χ4n) is 1.93. The van der Waals surface area contributed by atoms with Crippen molar-refractivity contribution in [1.82, 2.24) is 14.8 Å². The molecule has 18 heavy (non-hydrogen) atoms. The Bertz CT molecular complexity index is 567. The average Bonchev–Trinajstić information content (AvgIpc) is 2.57. The molecule has 0 saturated heterocycles. The van der Waals surface area contributed by atoms with Crippen LogP contribution in [0.15, 0.2) is 22.8 Å². The van der Waals surface area contributed by atoms with Crippen molar-refractivity contribution in [2.75, 3.05) is 6.61 Å². The van der Waals surface area contributed by atoms with E-state index < -0.39 is 0 Å². The SMILES string of the molecule is Fc1ccc(-c2nn3c(c2Br)OCCCC3)nc1. The minimum absolute atomic E-state index is 0.355. The molecule has 6 heteroatoms. The van der Waals surface area contributed by atoms with Crippen LogP contribution in [0.4, 0.5) is 4.39 Å². The molecule has 0 saturated carbocycles. The van der Waals surface area contributed by atoms with Gasteiger partial charge in [0.15, 0.2) is 0 Å². The fraction of sp³-hybridized carbons (Fsp3) is 0.333. The van der Waals surface area contributed by atoms with Gasteiger partial charge in [-0.1, -0.05) is 0 Å². The van der Waals surface area contributed by atoms with Crippen molar-refractivity contribution >= 4 is 15.9 Å². The molecule has 0 unspecified atom stereocenters. The van der Waals surface area contributed by atoms with Crippen molar-refractivity contribution in [3.63, 3.8) is 0 Å². The minimum atomic E-state index is -0.355. The van der Waals surface area contributed by atoms with Crippen LogP contribution in [0.25, 0.3) is 11.4 Å². The second kappa shape index (κ2) is 4.68. The molecule has 0 N–H and O–H groups in total. The molecule has 1 aliphatic heterocycles. The molecule has 2 aromatic rings. The smallest absolute Gasteiger partial charge is 0.227 e. The number of halogens is 2. The van der Waals surface area contributed by atoms with E-state index in [1.165, 1.54) is 12.3 Å². The summed E-state index contributed by atoms with van der Waals surface area (Å²) >= 11 is 3.48. The molecule has 4 nitrogen and oxygen atoms in total. The number of pyridine rings is 1. The maximum Gasteiger partial charge on any atom is 0.227 e. The van der Waals surface area contributed by atoms with Gasteiger partial charge in [0.1, 0.15) is 16.0 Å². The molecule has 0 amide bonds. The van der Waals surface area contributed by atoms with E-state index in [0.717, 1.165) is 29.7 Å². The average molecular weight is 312 g/mol. The Hall–Kier alpha value is -1.43. The summed E-state index contributed by atoms with van der Waals surface area (Å²) in [7, 11) is 0. The number of hydrogen-bond donors (Lipinski definition) is 0. The van der Waals surface area contributed by atoms with Gasteiger partial charge in [0.25, 0.3) is 0 Å². The van der Waals surface area contributed by atoms with E-state index in [1.54, 1.807) is 6.07 Å². The Labute approximate surface area is 112 Å². The summed E-state index contributed by atoms with van der Waals surface area (Å²) in [4.78, 5) is 4.04. The molecule has 0 aliphatic carbocycles. The summed E-state index contributed by atoms with van der Waals surface area (Å²) < 4.78 is 21.1. The van der Waals surface area contributed by atoms with Crippen LogP contribution in [-0.4, -0.2) is 21.4 Å². The number of ether oxygens (including phenoxy) is 1. The Morgan fingerprint density at radius 2 is 2.22 bits per heavy atom. The summed E-state index contributed by atoms with van der Waals surface area (Å²) in [5.74, 6) is 0.375. The molecule has 2 aromatic heterocycles. The fourth-order valence-corrected chi connectivity index (χ4v) is 2.53. The lowest BCUT2D eigenvalue weighted by Crippen LogP contribution is -1.99. The van der Waals surface area contributed by atoms with Gasteiger partial charge < -0.3 is 4.74 Å². The van der Waals surface area contributed by atoms with Gasteiger partial charge in [-0.05, 0) is 40.9 Å². The molecule has 94 valence electrons. The van der Waals surface area contributed by atoms with Crippen LogP contribution in [0, 0.1) is 5.82 Å². The van der Waals surface area contributed by atoms with Crippen LogP contribution < -0.4 is 4.74 Å². The molecule has 0 spiro atoms. The lowest BCUT2D eigenvalue weighted by atomic mass is 10.3. The van der Waals surface area contributed by atoms with Crippen LogP contribution in [-0.2, 0) is 6.54 Å². The number of rotatable bonds is 1. The summed E-state index contributed by atoms with van der Waals surface area (Å²) in [6.45, 7) is 1.52. The van der Waals surface area contributed by atoms with Gasteiger partial charge in [-0.15, -0.1) is 0 Å². The highest BCUT2D eigenvalue weighted by Crippen LogP contribution is 2.35. The summed E-state index contributed by atoms with van der Waals surface area (Å²) in [6, 6.07) is 2.99. The van der Waals surface area contributed by atoms with Crippen LogP contribution in [0.5, 0.6) is 5.88 Å². The highest BCUT2D eigenvalue weighted by molar-refractivity contribution is 9.10. The Balaban J connectivity index is 2.05. The predicted molar refractivity (Wildman–Crippen MR) is 67.8 cm³/mol. The van der Waals surface area contributed by atoms with Crippen molar-refractivity contribution < 1.29 is 9.13 Å². The van der Waals surface area contributed by atoms with Crippen LogP contribution in [0.1, 0.15) is 12.8 Å². The third-order valence-electron chi connectivity index (χ3n) is 2.82. The Morgan fingerprint density at radius 1 is 1.33 bits per heavy atom. The first-order valence-electron chi connectivity index (χ1n) is 5.77. The summed E-state index contributed by atoms with van der Waals surface area (Å²) in [6.07, 6.45) is 3.25. The van der Waals surface area contributed by atoms with Gasteiger partial charge in [0, 0.05) is 6.54 Å². The number of aryl methyl sites for hydroxylation is 1. The monoisotopic (exact) mass is 311 g/mol. The molecule has 1 aliphatic rings. The number of hydrogen-bond acceptors (Lipinski definition) is 3. The van der Waals surface area contributed by atoms with E-state index in [-0.39, 0.29) is 5.82 Å². The van der Waals surface area contributed by atoms with E-state index >= 15 is 0 Å². The predicted octanol–water partition coefficient (Wildman–Crippen LogP) is 3.02. The molecule has 0 atom stereocenters. The van der Waals surface area contributed by atoms with E-state index in [4.69, 9.17) is 4.74 Å². The lowest BCUT2D eigenvalue weighted by molar-refractivity contribution is 0.301. The highest BCUT2D eigenvalue weighted by atomic mass is 79.9. The quantitative estimate of drug-likeness (QED) is 0.812. The zero-order valence-corrected chi connectivity index (χ0v) is 11.2. The maximum absolute atomic E-state index is 12.9. The van der Waals surface area contributed by atoms with Gasteiger partial charge in [-0.3, -0.25) is 4.98 Å². The second-order valence-electron chi connectivity index (χ2n) is 4.11. The zero-order chi connectivity index (χ0) is 12.5. The Morgan fingerprint density at radius 3 is 3.00 bits per heavy atom.